The maximum absolute atomic E-state index is 11.3. The lowest BCUT2D eigenvalue weighted by atomic mass is 10.4. The van der Waals surface area contributed by atoms with E-state index in [9.17, 15) is 4.79 Å². The predicted molar refractivity (Wildman–Crippen MR) is 50.1 cm³/mol. The number of furan rings is 1. The van der Waals surface area contributed by atoms with Crippen LogP contribution < -0.4 is 5.48 Å². The second-order valence-corrected chi connectivity index (χ2v) is 3.55. The average Bonchev–Trinajstić information content (AvgIpc) is 2.47. The average molecular weight is 248 g/mol. The van der Waals surface area contributed by atoms with Crippen LogP contribution in [0.3, 0.4) is 0 Å². The van der Waals surface area contributed by atoms with E-state index in [0.717, 1.165) is 0 Å². The molecule has 1 rings (SSSR count). The molecule has 0 aliphatic heterocycles. The lowest BCUT2D eigenvalue weighted by Gasteiger charge is -2.06. The summed E-state index contributed by atoms with van der Waals surface area (Å²) < 4.78 is 5.53. The van der Waals surface area contributed by atoms with Crippen molar-refractivity contribution in [1.82, 2.24) is 5.48 Å². The summed E-state index contributed by atoms with van der Waals surface area (Å²) in [4.78, 5) is 16.2. The molecule has 0 unspecified atom stereocenters. The van der Waals surface area contributed by atoms with Gasteiger partial charge in [-0.2, -0.15) is 0 Å². The van der Waals surface area contributed by atoms with Gasteiger partial charge in [-0.25, -0.2) is 5.48 Å². The van der Waals surface area contributed by atoms with Crippen LogP contribution in [0.25, 0.3) is 0 Å². The first-order valence-electron chi connectivity index (χ1n) is 3.80. The van der Waals surface area contributed by atoms with E-state index in [1.54, 1.807) is 6.07 Å². The van der Waals surface area contributed by atoms with Gasteiger partial charge in [-0.1, -0.05) is 0 Å². The molecule has 1 aromatic rings. The molecule has 0 spiro atoms. The highest BCUT2D eigenvalue weighted by molar-refractivity contribution is 9.10. The van der Waals surface area contributed by atoms with Gasteiger partial charge in [0.1, 0.15) is 0 Å². The first-order chi connectivity index (χ1) is 6.11. The molecule has 1 N–H and O–H groups in total. The van der Waals surface area contributed by atoms with Crippen molar-refractivity contribution in [1.29, 1.82) is 0 Å². The molecular formula is C8H10BrNO3. The van der Waals surface area contributed by atoms with Crippen molar-refractivity contribution in [3.05, 3.63) is 22.6 Å². The molecule has 13 heavy (non-hydrogen) atoms. The van der Waals surface area contributed by atoms with Crippen molar-refractivity contribution < 1.29 is 14.0 Å². The van der Waals surface area contributed by atoms with Gasteiger partial charge in [0.25, 0.3) is 0 Å². The van der Waals surface area contributed by atoms with Crippen LogP contribution in [0.1, 0.15) is 24.4 Å². The zero-order chi connectivity index (χ0) is 9.84. The van der Waals surface area contributed by atoms with Gasteiger partial charge in [-0.05, 0) is 35.8 Å². The molecule has 1 heterocycles. The molecular weight excluding hydrogens is 238 g/mol. The van der Waals surface area contributed by atoms with E-state index in [-0.39, 0.29) is 11.9 Å². The Kier molecular flexibility index (Phi) is 3.50. The molecule has 0 aromatic carbocycles. The number of nitrogens with one attached hydrogen (secondary N) is 1. The molecule has 1 amide bonds. The van der Waals surface area contributed by atoms with Gasteiger partial charge in [0.2, 0.25) is 5.76 Å². The second kappa shape index (κ2) is 4.43. The van der Waals surface area contributed by atoms with Crippen LogP contribution in [-0.2, 0) is 4.84 Å². The minimum atomic E-state index is -0.398. The Morgan fingerprint density at radius 1 is 1.69 bits per heavy atom. The number of hydroxylamine groups is 1. The lowest BCUT2D eigenvalue weighted by molar-refractivity contribution is -0.00151. The summed E-state index contributed by atoms with van der Waals surface area (Å²) in [6.45, 7) is 3.63. The molecule has 0 saturated heterocycles. The highest BCUT2D eigenvalue weighted by Crippen LogP contribution is 2.16. The molecule has 0 aliphatic carbocycles. The van der Waals surface area contributed by atoms with Crippen molar-refractivity contribution in [3.63, 3.8) is 0 Å². The maximum Gasteiger partial charge on any atom is 0.311 e. The minimum Gasteiger partial charge on any atom is -0.458 e. The van der Waals surface area contributed by atoms with Gasteiger partial charge in [0.15, 0.2) is 0 Å². The SMILES string of the molecule is CC(C)ONC(=O)c1occc1Br. The molecule has 0 atom stereocenters. The monoisotopic (exact) mass is 247 g/mol. The largest absolute Gasteiger partial charge is 0.458 e. The predicted octanol–water partition coefficient (Wildman–Crippen LogP) is 2.11. The van der Waals surface area contributed by atoms with Gasteiger partial charge in [-0.15, -0.1) is 0 Å². The van der Waals surface area contributed by atoms with E-state index in [0.29, 0.717) is 4.47 Å². The van der Waals surface area contributed by atoms with Gasteiger partial charge in [0.05, 0.1) is 16.8 Å². The Balaban J connectivity index is 2.54. The molecule has 0 aliphatic rings. The summed E-state index contributed by atoms with van der Waals surface area (Å²) in [5.74, 6) is -0.189. The molecule has 5 heteroatoms. The van der Waals surface area contributed by atoms with Crippen molar-refractivity contribution in [2.24, 2.45) is 0 Å². The Morgan fingerprint density at radius 2 is 2.38 bits per heavy atom. The number of carbonyl (C=O) groups excluding carboxylic acids is 1. The summed E-state index contributed by atoms with van der Waals surface area (Å²) >= 11 is 3.16. The van der Waals surface area contributed by atoms with E-state index in [1.165, 1.54) is 6.26 Å². The van der Waals surface area contributed by atoms with Crippen molar-refractivity contribution in [3.8, 4) is 0 Å². The number of halogens is 1. The normalized spacial score (nSPS) is 10.5. The molecule has 0 bridgehead atoms. The third-order valence-electron chi connectivity index (χ3n) is 1.21. The van der Waals surface area contributed by atoms with Crippen LogP contribution in [0, 0.1) is 0 Å². The molecule has 0 fully saturated rings. The van der Waals surface area contributed by atoms with Crippen LogP contribution in [0.5, 0.6) is 0 Å². The van der Waals surface area contributed by atoms with E-state index >= 15 is 0 Å². The number of hydrogen-bond acceptors (Lipinski definition) is 3. The highest BCUT2D eigenvalue weighted by Gasteiger charge is 2.13. The quantitative estimate of drug-likeness (QED) is 0.833. The van der Waals surface area contributed by atoms with Crippen LogP contribution in [0.2, 0.25) is 0 Å². The Labute approximate surface area is 84.3 Å². The molecule has 4 nitrogen and oxygen atoms in total. The smallest absolute Gasteiger partial charge is 0.311 e. The fourth-order valence-corrected chi connectivity index (χ4v) is 1.05. The van der Waals surface area contributed by atoms with Gasteiger partial charge < -0.3 is 4.42 Å². The summed E-state index contributed by atoms with van der Waals surface area (Å²) in [5, 5.41) is 0. The first-order valence-corrected chi connectivity index (χ1v) is 4.59. The fraction of sp³-hybridized carbons (Fsp3) is 0.375. The summed E-state index contributed by atoms with van der Waals surface area (Å²) in [6.07, 6.45) is 1.37. The fourth-order valence-electron chi connectivity index (χ4n) is 0.673. The van der Waals surface area contributed by atoms with Gasteiger partial charge in [-0.3, -0.25) is 9.63 Å². The topological polar surface area (TPSA) is 51.5 Å². The van der Waals surface area contributed by atoms with E-state index in [4.69, 9.17) is 9.25 Å². The van der Waals surface area contributed by atoms with Crippen LogP contribution in [-0.4, -0.2) is 12.0 Å². The first kappa shape index (κ1) is 10.3. The van der Waals surface area contributed by atoms with E-state index in [2.05, 4.69) is 21.4 Å². The van der Waals surface area contributed by atoms with Crippen molar-refractivity contribution in [2.75, 3.05) is 0 Å². The highest BCUT2D eigenvalue weighted by atomic mass is 79.9. The second-order valence-electron chi connectivity index (χ2n) is 2.70. The number of amides is 1. The third kappa shape index (κ3) is 2.86. The van der Waals surface area contributed by atoms with Gasteiger partial charge in [0, 0.05) is 0 Å². The number of rotatable bonds is 3. The van der Waals surface area contributed by atoms with E-state index in [1.807, 2.05) is 13.8 Å². The molecule has 72 valence electrons. The van der Waals surface area contributed by atoms with E-state index < -0.39 is 5.91 Å². The Hall–Kier alpha value is -0.810. The van der Waals surface area contributed by atoms with Crippen LogP contribution in [0.15, 0.2) is 21.2 Å². The molecule has 1 aromatic heterocycles. The zero-order valence-electron chi connectivity index (χ0n) is 7.33. The lowest BCUT2D eigenvalue weighted by Crippen LogP contribution is -2.26. The Morgan fingerprint density at radius 3 is 2.85 bits per heavy atom. The number of carbonyl (C=O) groups is 1. The zero-order valence-corrected chi connectivity index (χ0v) is 8.92. The standard InChI is InChI=1S/C8H10BrNO3/c1-5(2)13-10-8(11)7-6(9)3-4-12-7/h3-5H,1-2H3,(H,10,11). The van der Waals surface area contributed by atoms with Crippen LogP contribution >= 0.6 is 15.9 Å². The molecule has 0 radical (unpaired) electrons. The molecule has 0 saturated carbocycles. The maximum atomic E-state index is 11.3. The van der Waals surface area contributed by atoms with Crippen LogP contribution in [0.4, 0.5) is 0 Å². The summed E-state index contributed by atoms with van der Waals surface area (Å²) in [5.41, 5.74) is 2.26. The Bertz CT molecular complexity index is 295. The van der Waals surface area contributed by atoms with Crippen molar-refractivity contribution >= 4 is 21.8 Å². The third-order valence-corrected chi connectivity index (χ3v) is 1.84. The van der Waals surface area contributed by atoms with Crippen molar-refractivity contribution in [2.45, 2.75) is 20.0 Å². The summed E-state index contributed by atoms with van der Waals surface area (Å²) in [7, 11) is 0. The minimum absolute atomic E-state index is 0.0577. The van der Waals surface area contributed by atoms with Gasteiger partial charge >= 0.3 is 5.91 Å². The summed E-state index contributed by atoms with van der Waals surface area (Å²) in [6, 6.07) is 1.64. The number of hydrogen-bond donors (Lipinski definition) is 1.